The smallest absolute Gasteiger partial charge is 0.247 e. The SMILES string of the molecule is CCCCCC(C(=O)CCc1cc(OC2CC#CC(O)c3ccc(C(N)N)cc3CC3=C4C[NH+]2C=C4N=C3)c(O)cc1O)C(O)CC(O)CCC. The van der Waals surface area contributed by atoms with E-state index in [0.717, 1.165) is 58.6 Å². The van der Waals surface area contributed by atoms with Crippen molar-refractivity contribution < 1.29 is 40.0 Å². The summed E-state index contributed by atoms with van der Waals surface area (Å²) in [5.74, 6) is 5.01. The Morgan fingerprint density at radius 1 is 1.08 bits per heavy atom. The standard InChI is InChI=1S/C40H52N4O7/c1-3-5-6-9-30(36(49)19-28(45)8-4-2)34(47)15-13-24-18-38(37(50)20-35(24)48)51-39-11-7-10-33(46)29-14-12-25(40(41)42)16-26(29)17-27-21-43-32-23-44(39)22-31(27)32/h12,14,16,18,20-21,23,28,30,33,36,39-40,45-46,48-50H,3-6,8-9,11,13,15,17,19,22,41-42H2,1-2H3/p+1. The number of hydrogen-bond acceptors (Lipinski definition) is 10. The number of aliphatic hydroxyl groups excluding tert-OH is 3. The van der Waals surface area contributed by atoms with Crippen molar-refractivity contribution in [2.75, 3.05) is 6.54 Å². The van der Waals surface area contributed by atoms with Crippen molar-refractivity contribution >= 4 is 12.0 Å². The first-order valence-corrected chi connectivity index (χ1v) is 18.2. The summed E-state index contributed by atoms with van der Waals surface area (Å²) in [6, 6.07) is 8.28. The number of nitrogens with two attached hydrogens (primary N) is 2. The number of hydrogen-bond donors (Lipinski definition) is 8. The van der Waals surface area contributed by atoms with Crippen molar-refractivity contribution in [2.24, 2.45) is 22.4 Å². The Bertz CT molecular complexity index is 1720. The van der Waals surface area contributed by atoms with Crippen LogP contribution in [0, 0.1) is 17.8 Å². The quantitative estimate of drug-likeness (QED) is 0.0737. The minimum Gasteiger partial charge on any atom is -0.508 e. The number of ketones is 1. The number of fused-ring (bicyclic) bond motifs is 2. The molecule has 3 aliphatic rings. The number of benzene rings is 2. The number of Topliss-reactive ketones (excluding diaryl/α,β-unsaturated/α-hetero) is 1. The van der Waals surface area contributed by atoms with Crippen LogP contribution >= 0.6 is 0 Å². The molecule has 0 saturated heterocycles. The van der Waals surface area contributed by atoms with Gasteiger partial charge in [0.25, 0.3) is 0 Å². The molecule has 11 nitrogen and oxygen atoms in total. The summed E-state index contributed by atoms with van der Waals surface area (Å²) in [4.78, 5) is 19.0. The first kappa shape index (κ1) is 38.2. The van der Waals surface area contributed by atoms with Crippen LogP contribution < -0.4 is 21.1 Å². The molecule has 5 rings (SSSR count). The maximum Gasteiger partial charge on any atom is 0.247 e. The van der Waals surface area contributed by atoms with Gasteiger partial charge in [0, 0.05) is 30.2 Å². The third kappa shape index (κ3) is 9.46. The van der Waals surface area contributed by atoms with E-state index in [1.807, 2.05) is 25.4 Å². The van der Waals surface area contributed by atoms with Crippen molar-refractivity contribution in [3.8, 4) is 29.1 Å². The van der Waals surface area contributed by atoms with Gasteiger partial charge in [-0.2, -0.15) is 0 Å². The molecule has 51 heavy (non-hydrogen) atoms. The van der Waals surface area contributed by atoms with Gasteiger partial charge in [-0.1, -0.05) is 69.6 Å². The molecule has 274 valence electrons. The molecular formula is C40H53N4O7+. The highest BCUT2D eigenvalue weighted by Gasteiger charge is 2.35. The number of ether oxygens (including phenoxy) is 1. The van der Waals surface area contributed by atoms with Crippen LogP contribution in [0.15, 0.2) is 58.4 Å². The highest BCUT2D eigenvalue weighted by molar-refractivity contribution is 5.87. The maximum absolute atomic E-state index is 13.5. The van der Waals surface area contributed by atoms with Crippen LogP contribution in [0.4, 0.5) is 0 Å². The fourth-order valence-electron chi connectivity index (χ4n) is 7.19. The number of phenolic OH excluding ortho intramolecular Hbond substituents is 2. The highest BCUT2D eigenvalue weighted by Crippen LogP contribution is 2.36. The highest BCUT2D eigenvalue weighted by atomic mass is 16.5. The van der Waals surface area contributed by atoms with E-state index in [9.17, 15) is 30.3 Å². The number of allylic oxidation sites excluding steroid dienone is 1. The van der Waals surface area contributed by atoms with Crippen molar-refractivity contribution in [2.45, 2.75) is 115 Å². The second-order valence-corrected chi connectivity index (χ2v) is 14.0. The average molecular weight is 702 g/mol. The number of carbonyl (C=O) groups excluding carboxylic acids is 1. The Balaban J connectivity index is 1.35. The molecule has 0 saturated carbocycles. The van der Waals surface area contributed by atoms with Crippen LogP contribution in [0.2, 0.25) is 0 Å². The van der Waals surface area contributed by atoms with Gasteiger partial charge in [0.15, 0.2) is 11.5 Å². The molecule has 6 atom stereocenters. The number of aryl methyl sites for hydroxylation is 1. The van der Waals surface area contributed by atoms with Crippen LogP contribution in [-0.2, 0) is 17.6 Å². The Morgan fingerprint density at radius 3 is 2.63 bits per heavy atom. The zero-order valence-corrected chi connectivity index (χ0v) is 29.6. The fraction of sp³-hybridized carbons (Fsp3) is 0.500. The lowest BCUT2D eigenvalue weighted by atomic mass is 9.85. The van der Waals surface area contributed by atoms with E-state index < -0.39 is 36.6 Å². The number of nitrogens with zero attached hydrogens (tertiary/aromatic N) is 1. The van der Waals surface area contributed by atoms with E-state index in [-0.39, 0.29) is 48.7 Å². The van der Waals surface area contributed by atoms with Crippen LogP contribution in [-0.4, -0.2) is 62.5 Å². The van der Waals surface area contributed by atoms with Crippen molar-refractivity contribution in [1.29, 1.82) is 0 Å². The van der Waals surface area contributed by atoms with Gasteiger partial charge >= 0.3 is 0 Å². The van der Waals surface area contributed by atoms with Gasteiger partial charge in [-0.25, -0.2) is 0 Å². The van der Waals surface area contributed by atoms with Crippen molar-refractivity contribution in [3.05, 3.63) is 75.6 Å². The van der Waals surface area contributed by atoms with E-state index in [0.29, 0.717) is 36.9 Å². The first-order valence-electron chi connectivity index (χ1n) is 18.2. The van der Waals surface area contributed by atoms with Gasteiger partial charge in [-0.3, -0.25) is 14.7 Å². The van der Waals surface area contributed by atoms with E-state index in [2.05, 4.69) is 23.8 Å². The number of unbranched alkanes of at least 4 members (excludes halogenated alkanes) is 2. The zero-order chi connectivity index (χ0) is 36.7. The molecule has 2 aromatic rings. The van der Waals surface area contributed by atoms with Gasteiger partial charge in [0.05, 0.1) is 18.4 Å². The van der Waals surface area contributed by atoms with Gasteiger partial charge in [0.1, 0.15) is 42.5 Å². The van der Waals surface area contributed by atoms with Crippen LogP contribution in [0.1, 0.15) is 106 Å². The summed E-state index contributed by atoms with van der Waals surface area (Å²) in [7, 11) is 0. The molecule has 3 aliphatic heterocycles. The minimum absolute atomic E-state index is 0.0703. The first-order chi connectivity index (χ1) is 24.5. The second-order valence-electron chi connectivity index (χ2n) is 14.0. The molecule has 2 aromatic carbocycles. The number of aliphatic hydroxyl groups is 3. The molecule has 0 aliphatic carbocycles. The van der Waals surface area contributed by atoms with Crippen molar-refractivity contribution in [3.63, 3.8) is 0 Å². The van der Waals surface area contributed by atoms with Gasteiger partial charge in [0.2, 0.25) is 6.23 Å². The van der Waals surface area contributed by atoms with Gasteiger partial charge < -0.3 is 41.7 Å². The van der Waals surface area contributed by atoms with E-state index in [1.54, 1.807) is 18.2 Å². The van der Waals surface area contributed by atoms with Crippen LogP contribution in [0.5, 0.6) is 17.2 Å². The lowest BCUT2D eigenvalue weighted by Crippen LogP contribution is -3.11. The van der Waals surface area contributed by atoms with Gasteiger partial charge in [-0.05, 0) is 66.0 Å². The fourth-order valence-corrected chi connectivity index (χ4v) is 7.19. The normalized spacial score (nSPS) is 21.3. The number of phenols is 2. The van der Waals surface area contributed by atoms with E-state index in [4.69, 9.17) is 16.2 Å². The largest absolute Gasteiger partial charge is 0.508 e. The number of nitrogens with one attached hydrogen (secondary N) is 1. The molecule has 3 heterocycles. The van der Waals surface area contributed by atoms with Gasteiger partial charge in [-0.15, -0.1) is 0 Å². The third-order valence-corrected chi connectivity index (χ3v) is 10.1. The second kappa shape index (κ2) is 17.5. The molecule has 2 bridgehead atoms. The molecule has 0 spiro atoms. The molecule has 0 fully saturated rings. The Kier molecular flexibility index (Phi) is 13.1. The Morgan fingerprint density at radius 2 is 1.88 bits per heavy atom. The summed E-state index contributed by atoms with van der Waals surface area (Å²) in [5, 5.41) is 54.0. The number of rotatable bonds is 16. The molecule has 0 amide bonds. The summed E-state index contributed by atoms with van der Waals surface area (Å²) >= 11 is 0. The number of aromatic hydroxyl groups is 2. The molecule has 10 N–H and O–H groups in total. The monoisotopic (exact) mass is 701 g/mol. The molecule has 0 radical (unpaired) electrons. The lowest BCUT2D eigenvalue weighted by molar-refractivity contribution is -0.885. The van der Waals surface area contributed by atoms with E-state index in [1.165, 1.54) is 6.07 Å². The zero-order valence-electron chi connectivity index (χ0n) is 29.6. The molecule has 11 heteroatoms. The van der Waals surface area contributed by atoms with Crippen molar-refractivity contribution in [1.82, 2.24) is 0 Å². The molecule has 6 unspecified atom stereocenters. The number of aliphatic imine (C=N–C) groups is 1. The van der Waals surface area contributed by atoms with Crippen LogP contribution in [0.25, 0.3) is 0 Å². The minimum atomic E-state index is -1.06. The molecular weight excluding hydrogens is 648 g/mol. The summed E-state index contributed by atoms with van der Waals surface area (Å²) in [6.07, 6.45) is 5.61. The summed E-state index contributed by atoms with van der Waals surface area (Å²) in [6.45, 7) is 4.61. The predicted molar refractivity (Wildman–Crippen MR) is 195 cm³/mol. The van der Waals surface area contributed by atoms with E-state index >= 15 is 0 Å². The number of carbonyl (C=O) groups is 1. The lowest BCUT2D eigenvalue weighted by Gasteiger charge is -2.24. The third-order valence-electron chi connectivity index (χ3n) is 10.1. The Labute approximate surface area is 300 Å². The molecule has 0 aromatic heterocycles. The maximum atomic E-state index is 13.5. The summed E-state index contributed by atoms with van der Waals surface area (Å²) in [5.41, 5.74) is 17.5. The summed E-state index contributed by atoms with van der Waals surface area (Å²) < 4.78 is 6.41. The average Bonchev–Trinajstić information content (AvgIpc) is 3.68. The topological polar surface area (TPSA) is 196 Å². The van der Waals surface area contributed by atoms with Crippen LogP contribution in [0.3, 0.4) is 0 Å². The Hall–Kier alpha value is -4.02. The number of quaternary nitrogens is 1. The predicted octanol–water partition coefficient (Wildman–Crippen LogP) is 3.13.